The number of halogens is 2. The van der Waals surface area contributed by atoms with Crippen molar-refractivity contribution >= 4 is 0 Å². The molecular formula is C9H17F2N. The van der Waals surface area contributed by atoms with Crippen molar-refractivity contribution in [3.05, 3.63) is 0 Å². The SMILES string of the molecule is FC(F)CNC1CCCCCC1. The van der Waals surface area contributed by atoms with Gasteiger partial charge in [-0.3, -0.25) is 0 Å². The van der Waals surface area contributed by atoms with E-state index in [4.69, 9.17) is 0 Å². The maximum absolute atomic E-state index is 11.8. The molecule has 1 N–H and O–H groups in total. The molecule has 1 aliphatic rings. The smallest absolute Gasteiger partial charge is 0.250 e. The van der Waals surface area contributed by atoms with Crippen molar-refractivity contribution in [1.29, 1.82) is 0 Å². The molecule has 12 heavy (non-hydrogen) atoms. The van der Waals surface area contributed by atoms with Crippen LogP contribution in [0.3, 0.4) is 0 Å². The maximum Gasteiger partial charge on any atom is 0.250 e. The van der Waals surface area contributed by atoms with Gasteiger partial charge in [-0.15, -0.1) is 0 Å². The van der Waals surface area contributed by atoms with Crippen LogP contribution in [0.1, 0.15) is 38.5 Å². The van der Waals surface area contributed by atoms with E-state index in [2.05, 4.69) is 5.32 Å². The van der Waals surface area contributed by atoms with Crippen LogP contribution in [-0.2, 0) is 0 Å². The lowest BCUT2D eigenvalue weighted by atomic mass is 10.1. The van der Waals surface area contributed by atoms with Gasteiger partial charge in [-0.2, -0.15) is 0 Å². The van der Waals surface area contributed by atoms with E-state index in [0.29, 0.717) is 6.04 Å². The molecule has 0 aliphatic heterocycles. The quantitative estimate of drug-likeness (QED) is 0.653. The van der Waals surface area contributed by atoms with Gasteiger partial charge in [0.05, 0.1) is 6.54 Å². The zero-order chi connectivity index (χ0) is 8.81. The zero-order valence-electron chi connectivity index (χ0n) is 7.36. The number of hydrogen-bond acceptors (Lipinski definition) is 1. The van der Waals surface area contributed by atoms with Gasteiger partial charge in [-0.25, -0.2) is 8.78 Å². The van der Waals surface area contributed by atoms with E-state index in [-0.39, 0.29) is 6.54 Å². The highest BCUT2D eigenvalue weighted by Gasteiger charge is 2.12. The Morgan fingerprint density at radius 1 is 1.08 bits per heavy atom. The van der Waals surface area contributed by atoms with Crippen LogP contribution in [0.2, 0.25) is 0 Å². The molecule has 0 unspecified atom stereocenters. The lowest BCUT2D eigenvalue weighted by Crippen LogP contribution is -2.32. The van der Waals surface area contributed by atoms with Crippen molar-refractivity contribution in [3.8, 4) is 0 Å². The molecule has 0 radical (unpaired) electrons. The lowest BCUT2D eigenvalue weighted by molar-refractivity contribution is 0.140. The van der Waals surface area contributed by atoms with Gasteiger partial charge in [0.2, 0.25) is 0 Å². The molecule has 1 saturated carbocycles. The molecule has 72 valence electrons. The van der Waals surface area contributed by atoms with Crippen LogP contribution >= 0.6 is 0 Å². The molecule has 0 heterocycles. The summed E-state index contributed by atoms with van der Waals surface area (Å²) < 4.78 is 23.7. The van der Waals surface area contributed by atoms with Gasteiger partial charge in [0.1, 0.15) is 0 Å². The van der Waals surface area contributed by atoms with Gasteiger partial charge < -0.3 is 5.32 Å². The van der Waals surface area contributed by atoms with Crippen LogP contribution in [0.4, 0.5) is 8.78 Å². The molecule has 3 heteroatoms. The third-order valence-corrected chi connectivity index (χ3v) is 2.42. The molecule has 1 rings (SSSR count). The van der Waals surface area contributed by atoms with Crippen molar-refractivity contribution < 1.29 is 8.78 Å². The fraction of sp³-hybridized carbons (Fsp3) is 1.00. The first-order valence-electron chi connectivity index (χ1n) is 4.80. The largest absolute Gasteiger partial charge is 0.309 e. The van der Waals surface area contributed by atoms with E-state index in [1.54, 1.807) is 0 Å². The molecule has 1 nitrogen and oxygen atoms in total. The summed E-state index contributed by atoms with van der Waals surface area (Å²) in [4.78, 5) is 0. The predicted molar refractivity (Wildman–Crippen MR) is 45.5 cm³/mol. The average Bonchev–Trinajstić information content (AvgIpc) is 2.28. The Morgan fingerprint density at radius 3 is 2.17 bits per heavy atom. The Hall–Kier alpha value is -0.180. The van der Waals surface area contributed by atoms with Crippen LogP contribution in [0.25, 0.3) is 0 Å². The van der Waals surface area contributed by atoms with E-state index in [1.807, 2.05) is 0 Å². The van der Waals surface area contributed by atoms with Gasteiger partial charge in [0.15, 0.2) is 0 Å². The normalized spacial score (nSPS) is 21.2. The van der Waals surface area contributed by atoms with E-state index in [9.17, 15) is 8.78 Å². The zero-order valence-corrected chi connectivity index (χ0v) is 7.36. The molecule has 1 fully saturated rings. The Morgan fingerprint density at radius 2 is 1.67 bits per heavy atom. The summed E-state index contributed by atoms with van der Waals surface area (Å²) in [5, 5.41) is 2.91. The van der Waals surface area contributed by atoms with E-state index < -0.39 is 6.43 Å². The van der Waals surface area contributed by atoms with Crippen LogP contribution in [0, 0.1) is 0 Å². The Balaban J connectivity index is 2.12. The lowest BCUT2D eigenvalue weighted by Gasteiger charge is -2.15. The van der Waals surface area contributed by atoms with E-state index in [1.165, 1.54) is 25.7 Å². The highest BCUT2D eigenvalue weighted by molar-refractivity contribution is 4.70. The number of nitrogens with one attached hydrogen (secondary N) is 1. The third kappa shape index (κ3) is 4.00. The molecule has 0 spiro atoms. The van der Waals surface area contributed by atoms with E-state index in [0.717, 1.165) is 12.8 Å². The first-order chi connectivity index (χ1) is 5.79. The summed E-state index contributed by atoms with van der Waals surface area (Å²) in [6, 6.07) is 0.349. The fourth-order valence-corrected chi connectivity index (χ4v) is 1.74. The Bertz CT molecular complexity index is 109. The van der Waals surface area contributed by atoms with Crippen LogP contribution in [0.15, 0.2) is 0 Å². The molecule has 0 bridgehead atoms. The summed E-state index contributed by atoms with van der Waals surface area (Å²) in [6.07, 6.45) is 4.88. The van der Waals surface area contributed by atoms with E-state index >= 15 is 0 Å². The van der Waals surface area contributed by atoms with Crippen molar-refractivity contribution in [2.75, 3.05) is 6.54 Å². The van der Waals surface area contributed by atoms with Crippen molar-refractivity contribution in [2.24, 2.45) is 0 Å². The molecule has 0 aromatic rings. The van der Waals surface area contributed by atoms with Crippen molar-refractivity contribution in [1.82, 2.24) is 5.32 Å². The van der Waals surface area contributed by atoms with Crippen LogP contribution < -0.4 is 5.32 Å². The van der Waals surface area contributed by atoms with Gasteiger partial charge >= 0.3 is 0 Å². The van der Waals surface area contributed by atoms with Gasteiger partial charge in [-0.1, -0.05) is 25.7 Å². The molecular weight excluding hydrogens is 160 g/mol. The molecule has 0 aromatic heterocycles. The molecule has 0 amide bonds. The van der Waals surface area contributed by atoms with Crippen molar-refractivity contribution in [2.45, 2.75) is 51.0 Å². The minimum absolute atomic E-state index is 0.134. The summed E-state index contributed by atoms with van der Waals surface area (Å²) in [5.74, 6) is 0. The summed E-state index contributed by atoms with van der Waals surface area (Å²) >= 11 is 0. The summed E-state index contributed by atoms with van der Waals surface area (Å²) in [5.41, 5.74) is 0. The molecule has 0 atom stereocenters. The standard InChI is InChI=1S/C9H17F2N/c10-9(11)7-12-8-5-3-1-2-4-6-8/h8-9,12H,1-7H2. The second-order valence-corrected chi connectivity index (χ2v) is 3.49. The average molecular weight is 177 g/mol. The van der Waals surface area contributed by atoms with Crippen molar-refractivity contribution in [3.63, 3.8) is 0 Å². The summed E-state index contributed by atoms with van der Waals surface area (Å²) in [6.45, 7) is -0.134. The summed E-state index contributed by atoms with van der Waals surface area (Å²) in [7, 11) is 0. The Kier molecular flexibility index (Phi) is 4.51. The molecule has 0 saturated heterocycles. The molecule has 0 aromatic carbocycles. The monoisotopic (exact) mass is 177 g/mol. The minimum Gasteiger partial charge on any atom is -0.309 e. The number of alkyl halides is 2. The Labute approximate surface area is 72.5 Å². The highest BCUT2D eigenvalue weighted by Crippen LogP contribution is 2.17. The van der Waals surface area contributed by atoms with Crippen LogP contribution in [0.5, 0.6) is 0 Å². The minimum atomic E-state index is -2.20. The predicted octanol–water partition coefficient (Wildman–Crippen LogP) is 2.56. The van der Waals surface area contributed by atoms with Gasteiger partial charge in [0, 0.05) is 6.04 Å². The van der Waals surface area contributed by atoms with Gasteiger partial charge in [-0.05, 0) is 12.8 Å². The first-order valence-corrected chi connectivity index (χ1v) is 4.80. The number of hydrogen-bond donors (Lipinski definition) is 1. The highest BCUT2D eigenvalue weighted by atomic mass is 19.3. The second kappa shape index (κ2) is 5.46. The third-order valence-electron chi connectivity index (χ3n) is 2.42. The topological polar surface area (TPSA) is 12.0 Å². The van der Waals surface area contributed by atoms with Crippen LogP contribution in [-0.4, -0.2) is 19.0 Å². The van der Waals surface area contributed by atoms with Gasteiger partial charge in [0.25, 0.3) is 6.43 Å². The second-order valence-electron chi connectivity index (χ2n) is 3.49. The molecule has 1 aliphatic carbocycles. The number of rotatable bonds is 3. The first kappa shape index (κ1) is 9.90. The fourth-order valence-electron chi connectivity index (χ4n) is 1.74. The maximum atomic E-state index is 11.8.